The highest BCUT2D eigenvalue weighted by atomic mass is 19.1. The maximum Gasteiger partial charge on any atom is 0.331 e. The van der Waals surface area contributed by atoms with Crippen LogP contribution in [0.25, 0.3) is 0 Å². The first-order valence-electron chi connectivity index (χ1n) is 6.81. The fourth-order valence-electron chi connectivity index (χ4n) is 2.63. The number of likely N-dealkylation sites (N-methyl/N-ethyl adjacent to an activating group) is 1. The molecule has 1 aromatic rings. The number of benzene rings is 1. The molecule has 8 heteroatoms. The number of amides is 4. The minimum Gasteiger partial charge on any atom is -0.481 e. The maximum absolute atomic E-state index is 14.3. The highest BCUT2D eigenvalue weighted by Gasteiger charge is 2.44. The summed E-state index contributed by atoms with van der Waals surface area (Å²) in [5.41, 5.74) is 0.0400. The van der Waals surface area contributed by atoms with Crippen molar-refractivity contribution in [2.24, 2.45) is 0 Å². The van der Waals surface area contributed by atoms with Crippen LogP contribution in [0, 0.1) is 5.82 Å². The number of hydrogen-bond acceptors (Lipinski definition) is 4. The van der Waals surface area contributed by atoms with Crippen molar-refractivity contribution in [3.05, 3.63) is 17.9 Å². The first kappa shape index (κ1) is 14.3. The molecular formula is C14H14FN3O4. The van der Waals surface area contributed by atoms with Crippen molar-refractivity contribution >= 4 is 29.2 Å². The summed E-state index contributed by atoms with van der Waals surface area (Å²) in [6.07, 6.45) is 0.435. The third-order valence-electron chi connectivity index (χ3n) is 3.78. The molecule has 1 unspecified atom stereocenters. The number of halogens is 1. The Balaban J connectivity index is 2.05. The van der Waals surface area contributed by atoms with Gasteiger partial charge in [-0.05, 0) is 12.5 Å². The number of rotatable bonds is 2. The first-order chi connectivity index (χ1) is 10.4. The molecule has 3 rings (SSSR count). The zero-order valence-electron chi connectivity index (χ0n) is 12.1. The van der Waals surface area contributed by atoms with Gasteiger partial charge >= 0.3 is 6.03 Å². The lowest BCUT2D eigenvalue weighted by molar-refractivity contribution is -0.119. The lowest BCUT2D eigenvalue weighted by Gasteiger charge is -2.21. The van der Waals surface area contributed by atoms with Crippen LogP contribution in [0.5, 0.6) is 5.75 Å². The summed E-state index contributed by atoms with van der Waals surface area (Å²) in [6.45, 7) is 1.57. The van der Waals surface area contributed by atoms with Gasteiger partial charge in [-0.2, -0.15) is 0 Å². The van der Waals surface area contributed by atoms with Crippen LogP contribution in [0.2, 0.25) is 0 Å². The van der Waals surface area contributed by atoms with Crippen molar-refractivity contribution in [2.75, 3.05) is 23.9 Å². The zero-order chi connectivity index (χ0) is 16.0. The third-order valence-corrected chi connectivity index (χ3v) is 3.78. The van der Waals surface area contributed by atoms with Gasteiger partial charge in [0.2, 0.25) is 0 Å². The number of imide groups is 1. The standard InChI is InChI=1S/C14H14FN3O4/c1-3-9-13(20)18(14(21)17(9)2)10-5-8-11(4-7(10)15)22-6-12(19)16-8/h4-5,9H,3,6H2,1-2H3,(H,16,19). The number of carbonyl (C=O) groups is 3. The molecule has 1 N–H and O–H groups in total. The van der Waals surface area contributed by atoms with E-state index >= 15 is 0 Å². The van der Waals surface area contributed by atoms with E-state index in [0.29, 0.717) is 6.42 Å². The quantitative estimate of drug-likeness (QED) is 0.836. The first-order valence-corrected chi connectivity index (χ1v) is 6.81. The maximum atomic E-state index is 14.3. The summed E-state index contributed by atoms with van der Waals surface area (Å²) in [4.78, 5) is 37.9. The number of fused-ring (bicyclic) bond motifs is 1. The molecule has 116 valence electrons. The number of ether oxygens (including phenoxy) is 1. The van der Waals surface area contributed by atoms with Crippen LogP contribution < -0.4 is 15.0 Å². The summed E-state index contributed by atoms with van der Waals surface area (Å²) in [7, 11) is 1.50. The predicted molar refractivity (Wildman–Crippen MR) is 75.2 cm³/mol. The van der Waals surface area contributed by atoms with Gasteiger partial charge in [-0.25, -0.2) is 14.1 Å². The van der Waals surface area contributed by atoms with Gasteiger partial charge in [-0.3, -0.25) is 9.59 Å². The SMILES string of the molecule is CCC1C(=O)N(c2cc3c(cc2F)OCC(=O)N3)C(=O)N1C. The molecule has 2 heterocycles. The smallest absolute Gasteiger partial charge is 0.331 e. The highest BCUT2D eigenvalue weighted by Crippen LogP contribution is 2.36. The number of hydrogen-bond donors (Lipinski definition) is 1. The van der Waals surface area contributed by atoms with Crippen molar-refractivity contribution in [2.45, 2.75) is 19.4 Å². The molecule has 0 bridgehead atoms. The second-order valence-corrected chi connectivity index (χ2v) is 5.13. The number of nitrogens with one attached hydrogen (secondary N) is 1. The molecule has 2 aliphatic heterocycles. The molecule has 0 aliphatic carbocycles. The minimum absolute atomic E-state index is 0.167. The topological polar surface area (TPSA) is 79.0 Å². The third kappa shape index (κ3) is 1.99. The predicted octanol–water partition coefficient (Wildman–Crippen LogP) is 1.33. The summed E-state index contributed by atoms with van der Waals surface area (Å²) in [5.74, 6) is -1.47. The Morgan fingerprint density at radius 3 is 2.73 bits per heavy atom. The molecule has 2 aliphatic rings. The Labute approximate surface area is 125 Å². The van der Waals surface area contributed by atoms with Crippen LogP contribution in [-0.4, -0.2) is 42.4 Å². The van der Waals surface area contributed by atoms with Gasteiger partial charge in [-0.1, -0.05) is 6.92 Å². The zero-order valence-corrected chi connectivity index (χ0v) is 12.1. The second-order valence-electron chi connectivity index (χ2n) is 5.13. The van der Waals surface area contributed by atoms with Crippen LogP contribution in [0.15, 0.2) is 12.1 Å². The fraction of sp³-hybridized carbons (Fsp3) is 0.357. The molecule has 1 fully saturated rings. The largest absolute Gasteiger partial charge is 0.481 e. The van der Waals surface area contributed by atoms with E-state index in [2.05, 4.69) is 5.32 Å². The van der Waals surface area contributed by atoms with Crippen LogP contribution in [-0.2, 0) is 9.59 Å². The molecule has 22 heavy (non-hydrogen) atoms. The Morgan fingerprint density at radius 2 is 2.09 bits per heavy atom. The van der Waals surface area contributed by atoms with Gasteiger partial charge in [0, 0.05) is 13.1 Å². The normalized spacial score (nSPS) is 20.9. The number of urea groups is 1. The van der Waals surface area contributed by atoms with E-state index in [1.807, 2.05) is 0 Å². The van der Waals surface area contributed by atoms with Crippen LogP contribution in [0.4, 0.5) is 20.6 Å². The summed E-state index contributed by atoms with van der Waals surface area (Å²) < 4.78 is 19.4. The number of carbonyl (C=O) groups excluding carboxylic acids is 3. The highest BCUT2D eigenvalue weighted by molar-refractivity contribution is 6.21. The van der Waals surface area contributed by atoms with Gasteiger partial charge in [0.05, 0.1) is 11.4 Å². The van der Waals surface area contributed by atoms with Gasteiger partial charge < -0.3 is 15.0 Å². The van der Waals surface area contributed by atoms with Crippen molar-refractivity contribution in [3.63, 3.8) is 0 Å². The average Bonchev–Trinajstić information content (AvgIpc) is 2.69. The summed E-state index contributed by atoms with van der Waals surface area (Å²) in [6, 6.07) is 1.08. The van der Waals surface area contributed by atoms with Crippen LogP contribution in [0.1, 0.15) is 13.3 Å². The van der Waals surface area contributed by atoms with E-state index in [1.165, 1.54) is 18.0 Å². The molecule has 4 amide bonds. The summed E-state index contributed by atoms with van der Waals surface area (Å²) >= 11 is 0. The molecule has 1 aromatic carbocycles. The van der Waals surface area contributed by atoms with Crippen molar-refractivity contribution in [1.29, 1.82) is 0 Å². The molecule has 0 spiro atoms. The monoisotopic (exact) mass is 307 g/mol. The van der Waals surface area contributed by atoms with Crippen molar-refractivity contribution < 1.29 is 23.5 Å². The van der Waals surface area contributed by atoms with Gasteiger partial charge in [0.1, 0.15) is 11.8 Å². The molecule has 1 saturated heterocycles. The Hall–Kier alpha value is -2.64. The van der Waals surface area contributed by atoms with E-state index < -0.39 is 23.8 Å². The number of nitrogens with zero attached hydrogens (tertiary/aromatic N) is 2. The van der Waals surface area contributed by atoms with Crippen molar-refractivity contribution in [3.8, 4) is 5.75 Å². The Morgan fingerprint density at radius 1 is 1.36 bits per heavy atom. The molecular weight excluding hydrogens is 293 g/mol. The Kier molecular flexibility index (Phi) is 3.23. The van der Waals surface area contributed by atoms with E-state index in [4.69, 9.17) is 4.74 Å². The molecule has 0 saturated carbocycles. The number of anilines is 2. The van der Waals surface area contributed by atoms with Gasteiger partial charge in [0.15, 0.2) is 12.4 Å². The molecule has 1 atom stereocenters. The molecule has 0 radical (unpaired) electrons. The lowest BCUT2D eigenvalue weighted by atomic mass is 10.2. The van der Waals surface area contributed by atoms with E-state index in [-0.39, 0.29) is 29.6 Å². The lowest BCUT2D eigenvalue weighted by Crippen LogP contribution is -2.33. The fourth-order valence-corrected chi connectivity index (χ4v) is 2.63. The average molecular weight is 307 g/mol. The van der Waals surface area contributed by atoms with Crippen molar-refractivity contribution in [1.82, 2.24) is 4.90 Å². The molecule has 7 nitrogen and oxygen atoms in total. The second kappa shape index (κ2) is 4.97. The Bertz CT molecular complexity index is 691. The summed E-state index contributed by atoms with van der Waals surface area (Å²) in [5, 5.41) is 2.52. The van der Waals surface area contributed by atoms with Gasteiger partial charge in [0.25, 0.3) is 11.8 Å². The van der Waals surface area contributed by atoms with Crippen LogP contribution in [0.3, 0.4) is 0 Å². The minimum atomic E-state index is -0.762. The van der Waals surface area contributed by atoms with E-state index in [9.17, 15) is 18.8 Å². The van der Waals surface area contributed by atoms with E-state index in [0.717, 1.165) is 11.0 Å². The van der Waals surface area contributed by atoms with E-state index in [1.54, 1.807) is 6.92 Å². The van der Waals surface area contributed by atoms with Crippen LogP contribution >= 0.6 is 0 Å². The molecule has 0 aromatic heterocycles. The van der Waals surface area contributed by atoms with Gasteiger partial charge in [-0.15, -0.1) is 0 Å².